The standard InChI is InChI=1S/C4H4S.C2H4/c1-2-4-5-3-1;1-2/h1-4H;1-2H2. The Bertz CT molecular complexity index is 71.1. The van der Waals surface area contributed by atoms with E-state index in [1.807, 2.05) is 22.9 Å². The molecule has 0 bridgehead atoms. The van der Waals surface area contributed by atoms with Crippen LogP contribution in [0.25, 0.3) is 0 Å². The molecule has 0 aliphatic rings. The van der Waals surface area contributed by atoms with Crippen LogP contribution in [0.2, 0.25) is 0 Å². The average Bonchev–Trinajstić information content (AvgIpc) is 2.23. The van der Waals surface area contributed by atoms with Crippen molar-refractivity contribution in [2.75, 3.05) is 0 Å². The molecule has 7 heavy (non-hydrogen) atoms. The van der Waals surface area contributed by atoms with E-state index in [2.05, 4.69) is 13.2 Å². The van der Waals surface area contributed by atoms with Gasteiger partial charge in [-0.3, -0.25) is 0 Å². The van der Waals surface area contributed by atoms with Gasteiger partial charge in [0, 0.05) is 0 Å². The molecule has 0 spiro atoms. The van der Waals surface area contributed by atoms with Crippen molar-refractivity contribution in [2.45, 2.75) is 0 Å². The maximum Gasteiger partial charge on any atom is -0.00934 e. The van der Waals surface area contributed by atoms with Crippen LogP contribution in [0.4, 0.5) is 0 Å². The Hall–Kier alpha value is -0.560. The quantitative estimate of drug-likeness (QED) is 0.452. The second-order valence-electron chi connectivity index (χ2n) is 0.793. The summed E-state index contributed by atoms with van der Waals surface area (Å²) in [5.74, 6) is 0. The van der Waals surface area contributed by atoms with E-state index in [1.165, 1.54) is 0 Å². The zero-order valence-electron chi connectivity index (χ0n) is 4.13. The first kappa shape index (κ1) is 6.44. The average molecular weight is 112 g/mol. The van der Waals surface area contributed by atoms with Crippen LogP contribution in [0.3, 0.4) is 0 Å². The van der Waals surface area contributed by atoms with Crippen molar-refractivity contribution in [3.05, 3.63) is 36.1 Å². The summed E-state index contributed by atoms with van der Waals surface area (Å²) in [6.45, 7) is 6.00. The highest BCUT2D eigenvalue weighted by Crippen LogP contribution is 1.91. The van der Waals surface area contributed by atoms with Gasteiger partial charge in [0.15, 0.2) is 0 Å². The normalized spacial score (nSPS) is 6.29. The summed E-state index contributed by atoms with van der Waals surface area (Å²) in [4.78, 5) is 0. The number of hydrogen-bond acceptors (Lipinski definition) is 1. The molecule has 0 nitrogen and oxygen atoms in total. The molecule has 0 radical (unpaired) electrons. The van der Waals surface area contributed by atoms with E-state index in [-0.39, 0.29) is 0 Å². The third kappa shape index (κ3) is 3.27. The molecule has 0 aromatic carbocycles. The maximum absolute atomic E-state index is 3.00. The maximum atomic E-state index is 3.00. The lowest BCUT2D eigenvalue weighted by molar-refractivity contribution is 2.03. The minimum atomic E-state index is 1.71. The fourth-order valence-electron chi connectivity index (χ4n) is 0.227. The van der Waals surface area contributed by atoms with Gasteiger partial charge in [0.2, 0.25) is 0 Å². The molecule has 1 heteroatoms. The molecule has 38 valence electrons. The van der Waals surface area contributed by atoms with Crippen molar-refractivity contribution in [1.29, 1.82) is 0 Å². The van der Waals surface area contributed by atoms with Gasteiger partial charge in [-0.05, 0) is 10.8 Å². The van der Waals surface area contributed by atoms with E-state index < -0.39 is 0 Å². The Morgan fingerprint density at radius 3 is 1.57 bits per heavy atom. The van der Waals surface area contributed by atoms with Crippen molar-refractivity contribution in [2.24, 2.45) is 0 Å². The van der Waals surface area contributed by atoms with E-state index in [1.54, 1.807) is 11.3 Å². The zero-order valence-corrected chi connectivity index (χ0v) is 4.95. The van der Waals surface area contributed by atoms with Crippen LogP contribution in [0.15, 0.2) is 36.1 Å². The highest BCUT2D eigenvalue weighted by atomic mass is 32.1. The fraction of sp³-hybridized carbons (Fsp3) is 0. The molecule has 1 aromatic rings. The highest BCUT2D eigenvalue weighted by Gasteiger charge is 1.58. The second kappa shape index (κ2) is 5.44. The van der Waals surface area contributed by atoms with Gasteiger partial charge >= 0.3 is 0 Å². The van der Waals surface area contributed by atoms with Gasteiger partial charge in [-0.15, -0.1) is 13.2 Å². The first-order valence-corrected chi connectivity index (χ1v) is 2.91. The lowest BCUT2D eigenvalue weighted by Crippen LogP contribution is -1.16. The van der Waals surface area contributed by atoms with Crippen LogP contribution in [-0.2, 0) is 0 Å². The molecule has 0 fully saturated rings. The Morgan fingerprint density at radius 2 is 1.43 bits per heavy atom. The summed E-state index contributed by atoms with van der Waals surface area (Å²) < 4.78 is 0. The van der Waals surface area contributed by atoms with Crippen LogP contribution < -0.4 is 0 Å². The molecular formula is C6H8S. The van der Waals surface area contributed by atoms with Crippen LogP contribution in [-0.4, -0.2) is 0 Å². The van der Waals surface area contributed by atoms with Gasteiger partial charge in [0.05, 0.1) is 0 Å². The van der Waals surface area contributed by atoms with E-state index >= 15 is 0 Å². The third-order valence-electron chi connectivity index (χ3n) is 0.425. The minimum Gasteiger partial charge on any atom is -0.152 e. The molecule has 1 heterocycles. The number of thiophene rings is 1. The van der Waals surface area contributed by atoms with Gasteiger partial charge in [-0.25, -0.2) is 0 Å². The van der Waals surface area contributed by atoms with Crippen molar-refractivity contribution >= 4 is 11.3 Å². The molecule has 0 aliphatic carbocycles. The topological polar surface area (TPSA) is 0 Å². The van der Waals surface area contributed by atoms with Crippen LogP contribution >= 0.6 is 11.3 Å². The first-order chi connectivity index (χ1) is 3.50. The summed E-state index contributed by atoms with van der Waals surface area (Å²) >= 11 is 1.71. The molecule has 0 saturated carbocycles. The van der Waals surface area contributed by atoms with Crippen LogP contribution in [0, 0.1) is 0 Å². The summed E-state index contributed by atoms with van der Waals surface area (Å²) in [6.07, 6.45) is 0. The second-order valence-corrected chi connectivity index (χ2v) is 1.61. The summed E-state index contributed by atoms with van der Waals surface area (Å²) in [6, 6.07) is 4.04. The lowest BCUT2D eigenvalue weighted by atomic mass is 10.7. The largest absolute Gasteiger partial charge is 0.152 e. The fourth-order valence-corrected chi connectivity index (χ4v) is 0.680. The predicted molar refractivity (Wildman–Crippen MR) is 35.6 cm³/mol. The van der Waals surface area contributed by atoms with Crippen molar-refractivity contribution in [3.8, 4) is 0 Å². The molecule has 0 N–H and O–H groups in total. The van der Waals surface area contributed by atoms with E-state index in [0.717, 1.165) is 0 Å². The van der Waals surface area contributed by atoms with Gasteiger partial charge in [-0.1, -0.05) is 12.1 Å². The van der Waals surface area contributed by atoms with Crippen LogP contribution in [0.5, 0.6) is 0 Å². The Balaban J connectivity index is 0.000000162. The van der Waals surface area contributed by atoms with Crippen molar-refractivity contribution in [1.82, 2.24) is 0 Å². The van der Waals surface area contributed by atoms with Crippen LogP contribution in [0.1, 0.15) is 0 Å². The van der Waals surface area contributed by atoms with Gasteiger partial charge in [-0.2, -0.15) is 11.3 Å². The number of hydrogen-bond donors (Lipinski definition) is 0. The molecule has 0 saturated heterocycles. The van der Waals surface area contributed by atoms with Gasteiger partial charge in [0.25, 0.3) is 0 Å². The molecule has 1 aromatic heterocycles. The van der Waals surface area contributed by atoms with Gasteiger partial charge in [0.1, 0.15) is 0 Å². The monoisotopic (exact) mass is 112 g/mol. The molecule has 0 aliphatic heterocycles. The first-order valence-electron chi connectivity index (χ1n) is 1.97. The molecule has 1 rings (SSSR count). The summed E-state index contributed by atoms with van der Waals surface area (Å²) in [7, 11) is 0. The van der Waals surface area contributed by atoms with Crippen molar-refractivity contribution < 1.29 is 0 Å². The molecule has 0 unspecified atom stereocenters. The Kier molecular flexibility index (Phi) is 5.00. The smallest absolute Gasteiger partial charge is 0.00934 e. The Morgan fingerprint density at radius 1 is 1.00 bits per heavy atom. The summed E-state index contributed by atoms with van der Waals surface area (Å²) in [5.41, 5.74) is 0. The van der Waals surface area contributed by atoms with E-state index in [4.69, 9.17) is 0 Å². The van der Waals surface area contributed by atoms with E-state index in [0.29, 0.717) is 0 Å². The Labute approximate surface area is 48.1 Å². The SMILES string of the molecule is C=C.c1ccsc1. The molecule has 0 amide bonds. The molecular weight excluding hydrogens is 104 g/mol. The third-order valence-corrected chi connectivity index (χ3v) is 1.05. The van der Waals surface area contributed by atoms with Crippen molar-refractivity contribution in [3.63, 3.8) is 0 Å². The molecule has 0 atom stereocenters. The highest BCUT2D eigenvalue weighted by molar-refractivity contribution is 7.07. The summed E-state index contributed by atoms with van der Waals surface area (Å²) in [5, 5.41) is 4.08. The zero-order chi connectivity index (χ0) is 5.54. The lowest BCUT2D eigenvalue weighted by Gasteiger charge is -1.39. The number of rotatable bonds is 0. The predicted octanol–water partition coefficient (Wildman–Crippen LogP) is 2.55. The van der Waals surface area contributed by atoms with E-state index in [9.17, 15) is 0 Å². The van der Waals surface area contributed by atoms with Gasteiger partial charge < -0.3 is 0 Å². The minimum absolute atomic E-state index is 1.71.